The summed E-state index contributed by atoms with van der Waals surface area (Å²) in [6.07, 6.45) is 5.30. The molecule has 1 aliphatic carbocycles. The Morgan fingerprint density at radius 2 is 2.04 bits per heavy atom. The number of carbonyl (C=O) groups is 1. The molecule has 0 radical (unpaired) electrons. The van der Waals surface area contributed by atoms with Gasteiger partial charge in [0.2, 0.25) is 0 Å². The van der Waals surface area contributed by atoms with E-state index in [9.17, 15) is 4.79 Å². The lowest BCUT2D eigenvalue weighted by molar-refractivity contribution is 0.0695. The zero-order valence-electron chi connectivity index (χ0n) is 13.3. The number of thioether (sulfide) groups is 1. The van der Waals surface area contributed by atoms with Crippen LogP contribution in [0.1, 0.15) is 47.4 Å². The van der Waals surface area contributed by atoms with Crippen LogP contribution in [0.5, 0.6) is 0 Å². The van der Waals surface area contributed by atoms with Crippen molar-refractivity contribution in [3.05, 3.63) is 46.7 Å². The highest BCUT2D eigenvalue weighted by Gasteiger charge is 2.31. The van der Waals surface area contributed by atoms with Crippen LogP contribution in [0.4, 0.5) is 0 Å². The van der Waals surface area contributed by atoms with Crippen LogP contribution < -0.4 is 0 Å². The summed E-state index contributed by atoms with van der Waals surface area (Å²) in [7, 11) is 0. The van der Waals surface area contributed by atoms with Crippen LogP contribution in [-0.2, 0) is 0 Å². The molecule has 1 amide bonds. The van der Waals surface area contributed by atoms with Crippen molar-refractivity contribution in [1.82, 2.24) is 19.9 Å². The van der Waals surface area contributed by atoms with E-state index >= 15 is 0 Å². The first-order valence-electron chi connectivity index (χ1n) is 8.28. The fraction of sp³-hybridized carbons (Fsp3) is 0.471. The van der Waals surface area contributed by atoms with Gasteiger partial charge in [0.05, 0.1) is 18.3 Å². The molecule has 1 saturated heterocycles. The Kier molecular flexibility index (Phi) is 4.50. The van der Waals surface area contributed by atoms with Gasteiger partial charge in [-0.15, -0.1) is 5.10 Å². The van der Waals surface area contributed by atoms with E-state index in [1.807, 2.05) is 51.8 Å². The number of carbonyl (C=O) groups excluding carboxylic acids is 1. The molecule has 7 heteroatoms. The molecular weight excluding hydrogens is 344 g/mol. The Balaban J connectivity index is 1.56. The van der Waals surface area contributed by atoms with Crippen molar-refractivity contribution in [3.63, 3.8) is 0 Å². The first-order valence-corrected chi connectivity index (χ1v) is 9.81. The maximum atomic E-state index is 13.0. The summed E-state index contributed by atoms with van der Waals surface area (Å²) < 4.78 is 1.85. The molecule has 2 fully saturated rings. The summed E-state index contributed by atoms with van der Waals surface area (Å²) in [6.45, 7) is 0.729. The van der Waals surface area contributed by atoms with Gasteiger partial charge < -0.3 is 4.90 Å². The van der Waals surface area contributed by atoms with Crippen LogP contribution in [0, 0.1) is 0 Å². The third kappa shape index (κ3) is 3.05. The smallest absolute Gasteiger partial charge is 0.276 e. The van der Waals surface area contributed by atoms with E-state index in [1.54, 1.807) is 0 Å². The third-order valence-electron chi connectivity index (χ3n) is 4.82. The molecule has 4 rings (SSSR count). The minimum absolute atomic E-state index is 0.0270. The Hall–Kier alpha value is -1.53. The van der Waals surface area contributed by atoms with Crippen molar-refractivity contribution in [1.29, 1.82) is 0 Å². The molecule has 2 aliphatic rings. The number of aromatic nitrogens is 3. The molecule has 24 heavy (non-hydrogen) atoms. The fourth-order valence-corrected chi connectivity index (χ4v) is 4.37. The second kappa shape index (κ2) is 6.76. The monoisotopic (exact) mass is 362 g/mol. The summed E-state index contributed by atoms with van der Waals surface area (Å²) in [5.74, 6) is 1.82. The number of hydrogen-bond acceptors (Lipinski definition) is 4. The number of amides is 1. The molecule has 1 saturated carbocycles. The molecule has 0 N–H and O–H groups in total. The standard InChI is InChI=1S/C17H19ClN4OS/c18-13-6-4-12(5-7-13)16-11-24-9-8-21(16)17(23)15-10-22(20-19-15)14-2-1-3-14/h4-7,10,14,16H,1-3,8-9,11H2. The van der Waals surface area contributed by atoms with Crippen molar-refractivity contribution in [2.75, 3.05) is 18.1 Å². The van der Waals surface area contributed by atoms with Crippen molar-refractivity contribution in [3.8, 4) is 0 Å². The molecule has 2 heterocycles. The van der Waals surface area contributed by atoms with Gasteiger partial charge in [-0.3, -0.25) is 4.79 Å². The molecule has 1 aromatic carbocycles. The van der Waals surface area contributed by atoms with E-state index in [0.717, 1.165) is 36.5 Å². The van der Waals surface area contributed by atoms with E-state index in [0.29, 0.717) is 16.8 Å². The van der Waals surface area contributed by atoms with Crippen molar-refractivity contribution in [2.45, 2.75) is 31.3 Å². The highest BCUT2D eigenvalue weighted by molar-refractivity contribution is 7.99. The summed E-state index contributed by atoms with van der Waals surface area (Å²) in [5, 5.41) is 9.00. The zero-order valence-corrected chi connectivity index (χ0v) is 14.8. The lowest BCUT2D eigenvalue weighted by Crippen LogP contribution is -2.41. The average Bonchev–Trinajstić information content (AvgIpc) is 3.03. The summed E-state index contributed by atoms with van der Waals surface area (Å²) in [6, 6.07) is 8.25. The van der Waals surface area contributed by atoms with Gasteiger partial charge in [-0.2, -0.15) is 11.8 Å². The Morgan fingerprint density at radius 1 is 1.25 bits per heavy atom. The maximum absolute atomic E-state index is 13.0. The van der Waals surface area contributed by atoms with Gasteiger partial charge in [-0.1, -0.05) is 28.9 Å². The first-order chi connectivity index (χ1) is 11.7. The van der Waals surface area contributed by atoms with E-state index < -0.39 is 0 Å². The maximum Gasteiger partial charge on any atom is 0.276 e. The van der Waals surface area contributed by atoms with E-state index in [2.05, 4.69) is 10.3 Å². The van der Waals surface area contributed by atoms with Gasteiger partial charge >= 0.3 is 0 Å². The quantitative estimate of drug-likeness (QED) is 0.837. The molecule has 0 bridgehead atoms. The number of benzene rings is 1. The summed E-state index contributed by atoms with van der Waals surface area (Å²) in [4.78, 5) is 14.9. The van der Waals surface area contributed by atoms with Gasteiger partial charge in [-0.25, -0.2) is 4.68 Å². The van der Waals surface area contributed by atoms with Crippen molar-refractivity contribution >= 4 is 29.3 Å². The number of halogens is 1. The second-order valence-electron chi connectivity index (χ2n) is 6.31. The number of rotatable bonds is 3. The molecule has 1 unspecified atom stereocenters. The van der Waals surface area contributed by atoms with E-state index in [-0.39, 0.29) is 11.9 Å². The topological polar surface area (TPSA) is 51.0 Å². The first kappa shape index (κ1) is 16.0. The minimum Gasteiger partial charge on any atom is -0.328 e. The van der Waals surface area contributed by atoms with Crippen LogP contribution in [0.2, 0.25) is 5.02 Å². The van der Waals surface area contributed by atoms with Gasteiger partial charge in [0.25, 0.3) is 5.91 Å². The van der Waals surface area contributed by atoms with Gasteiger partial charge in [0.1, 0.15) is 0 Å². The highest BCUT2D eigenvalue weighted by atomic mass is 35.5. The van der Waals surface area contributed by atoms with Gasteiger partial charge in [0, 0.05) is 23.1 Å². The highest BCUT2D eigenvalue weighted by Crippen LogP contribution is 2.33. The number of nitrogens with zero attached hydrogens (tertiary/aromatic N) is 4. The van der Waals surface area contributed by atoms with Crippen LogP contribution in [0.15, 0.2) is 30.5 Å². The second-order valence-corrected chi connectivity index (χ2v) is 7.90. The van der Waals surface area contributed by atoms with Crippen LogP contribution in [0.3, 0.4) is 0 Å². The lowest BCUT2D eigenvalue weighted by atomic mass is 9.93. The number of hydrogen-bond donors (Lipinski definition) is 0. The van der Waals surface area contributed by atoms with Crippen LogP contribution >= 0.6 is 23.4 Å². The molecule has 0 spiro atoms. The third-order valence-corrected chi connectivity index (χ3v) is 6.10. The van der Waals surface area contributed by atoms with E-state index in [4.69, 9.17) is 11.6 Å². The molecule has 1 aliphatic heterocycles. The van der Waals surface area contributed by atoms with Crippen LogP contribution in [0.25, 0.3) is 0 Å². The molecule has 126 valence electrons. The fourth-order valence-electron chi connectivity index (χ4n) is 3.16. The normalized spacial score (nSPS) is 21.5. The average molecular weight is 363 g/mol. The molecule has 1 atom stereocenters. The summed E-state index contributed by atoms with van der Waals surface area (Å²) >= 11 is 7.86. The molecule has 5 nitrogen and oxygen atoms in total. The van der Waals surface area contributed by atoms with Crippen molar-refractivity contribution < 1.29 is 4.79 Å². The SMILES string of the molecule is O=C(c1cn(C2CCC2)nn1)N1CCSCC1c1ccc(Cl)cc1. The minimum atomic E-state index is -0.0270. The van der Waals surface area contributed by atoms with E-state index in [1.165, 1.54) is 6.42 Å². The van der Waals surface area contributed by atoms with Gasteiger partial charge in [-0.05, 0) is 37.0 Å². The Bertz CT molecular complexity index is 728. The van der Waals surface area contributed by atoms with Gasteiger partial charge in [0.15, 0.2) is 5.69 Å². The lowest BCUT2D eigenvalue weighted by Gasteiger charge is -2.35. The van der Waals surface area contributed by atoms with Crippen molar-refractivity contribution in [2.24, 2.45) is 0 Å². The Morgan fingerprint density at radius 3 is 2.75 bits per heavy atom. The Labute approximate surface area is 150 Å². The zero-order chi connectivity index (χ0) is 16.5. The van der Waals surface area contributed by atoms with Crippen LogP contribution in [-0.4, -0.2) is 43.9 Å². The molecular formula is C17H19ClN4OS. The predicted molar refractivity (Wildman–Crippen MR) is 95.5 cm³/mol. The largest absolute Gasteiger partial charge is 0.328 e. The molecule has 2 aromatic rings. The predicted octanol–water partition coefficient (Wildman–Crippen LogP) is 3.59. The molecule has 1 aromatic heterocycles. The summed E-state index contributed by atoms with van der Waals surface area (Å²) in [5.41, 5.74) is 1.57.